The number of likely N-dealkylation sites (tertiary alicyclic amines) is 1. The average molecular weight is 550 g/mol. The highest BCUT2D eigenvalue weighted by Crippen LogP contribution is 2.66. The summed E-state index contributed by atoms with van der Waals surface area (Å²) in [6.07, 6.45) is 7.70. The molecule has 4 aliphatic heterocycles. The highest BCUT2D eigenvalue weighted by atomic mass is 32.2. The van der Waals surface area contributed by atoms with E-state index in [1.807, 2.05) is 4.90 Å². The van der Waals surface area contributed by atoms with Crippen LogP contribution in [0.5, 0.6) is 0 Å². The number of ether oxygens (including phenoxy) is 2. The lowest BCUT2D eigenvalue weighted by Crippen LogP contribution is -2.56. The number of hydrogen-bond acceptors (Lipinski definition) is 8. The predicted molar refractivity (Wildman–Crippen MR) is 147 cm³/mol. The number of carbonyl (C=O) groups is 3. The van der Waals surface area contributed by atoms with Crippen molar-refractivity contribution in [2.24, 2.45) is 11.8 Å². The topological polar surface area (TPSA) is 99.6 Å². The summed E-state index contributed by atoms with van der Waals surface area (Å²) >= 11 is 1.67. The molecule has 0 aromatic heterocycles. The summed E-state index contributed by atoms with van der Waals surface area (Å²) in [5.74, 6) is -1.57. The standard InChI is InChI=1S/C28H43N3O6S/c1-3-5-8-18-37-27(35)22-21-9-10-28(38-21)23(22)25(33)31(12-6-7-17-32)24(28)26(34)30(11-4-2)14-13-29-15-19-36-20-16-29/h3-4,21-24,32H,1-2,5-20H2/t21-,22+,23-,24?,28?/m0/s1. The van der Waals surface area contributed by atoms with E-state index in [2.05, 4.69) is 18.1 Å². The summed E-state index contributed by atoms with van der Waals surface area (Å²) in [6, 6.07) is -0.628. The van der Waals surface area contributed by atoms with Crippen molar-refractivity contribution in [3.05, 3.63) is 25.3 Å². The van der Waals surface area contributed by atoms with Crippen LogP contribution in [0.25, 0.3) is 0 Å². The Morgan fingerprint density at radius 1 is 1.18 bits per heavy atom. The molecule has 212 valence electrons. The van der Waals surface area contributed by atoms with E-state index in [-0.39, 0.29) is 29.6 Å². The minimum atomic E-state index is -0.628. The molecule has 5 atom stereocenters. The Hall–Kier alpha value is -1.88. The maximum absolute atomic E-state index is 14.3. The lowest BCUT2D eigenvalue weighted by molar-refractivity contribution is -0.154. The Kier molecular flexibility index (Phi) is 10.3. The van der Waals surface area contributed by atoms with Gasteiger partial charge in [-0.2, -0.15) is 0 Å². The number of carbonyl (C=O) groups excluding carboxylic acids is 3. The summed E-state index contributed by atoms with van der Waals surface area (Å²) in [5, 5.41) is 9.35. The van der Waals surface area contributed by atoms with Gasteiger partial charge < -0.3 is 24.4 Å². The molecule has 1 spiro atoms. The summed E-state index contributed by atoms with van der Waals surface area (Å²) in [7, 11) is 0. The second kappa shape index (κ2) is 13.5. The van der Waals surface area contributed by atoms with Gasteiger partial charge in [0, 0.05) is 51.1 Å². The van der Waals surface area contributed by atoms with Crippen LogP contribution in [0.1, 0.15) is 38.5 Å². The molecule has 4 saturated heterocycles. The maximum atomic E-state index is 14.3. The van der Waals surface area contributed by atoms with Gasteiger partial charge in [-0.25, -0.2) is 0 Å². The van der Waals surface area contributed by atoms with Crippen LogP contribution >= 0.6 is 11.8 Å². The van der Waals surface area contributed by atoms with Crippen molar-refractivity contribution < 1.29 is 29.0 Å². The van der Waals surface area contributed by atoms with Crippen LogP contribution in [0.2, 0.25) is 0 Å². The molecule has 4 rings (SSSR count). The number of aliphatic hydroxyl groups excluding tert-OH is 1. The van der Waals surface area contributed by atoms with Crippen LogP contribution in [0.3, 0.4) is 0 Å². The van der Waals surface area contributed by atoms with Crippen molar-refractivity contribution in [1.29, 1.82) is 0 Å². The van der Waals surface area contributed by atoms with Gasteiger partial charge in [0.1, 0.15) is 6.04 Å². The molecule has 0 aromatic rings. The lowest BCUT2D eigenvalue weighted by atomic mass is 9.71. The number of thioether (sulfide) groups is 1. The summed E-state index contributed by atoms with van der Waals surface area (Å²) in [6.45, 7) is 13.1. The minimum absolute atomic E-state index is 0.00745. The second-order valence-electron chi connectivity index (χ2n) is 10.6. The molecule has 2 amide bonds. The van der Waals surface area contributed by atoms with Crippen LogP contribution in [0.15, 0.2) is 25.3 Å². The molecule has 0 saturated carbocycles. The third-order valence-corrected chi connectivity index (χ3v) is 10.3. The van der Waals surface area contributed by atoms with Gasteiger partial charge in [0.15, 0.2) is 0 Å². The number of aliphatic hydroxyl groups is 1. The van der Waals surface area contributed by atoms with E-state index in [1.54, 1.807) is 28.8 Å². The van der Waals surface area contributed by atoms with Crippen LogP contribution in [0.4, 0.5) is 0 Å². The average Bonchev–Trinajstić information content (AvgIpc) is 3.57. The highest BCUT2D eigenvalue weighted by molar-refractivity contribution is 8.02. The molecule has 2 bridgehead atoms. The first-order valence-corrected chi connectivity index (χ1v) is 14.9. The Morgan fingerprint density at radius 3 is 2.68 bits per heavy atom. The van der Waals surface area contributed by atoms with Gasteiger partial charge in [-0.1, -0.05) is 12.2 Å². The van der Waals surface area contributed by atoms with Crippen molar-refractivity contribution in [2.75, 3.05) is 65.7 Å². The van der Waals surface area contributed by atoms with Crippen molar-refractivity contribution in [3.8, 4) is 0 Å². The van der Waals surface area contributed by atoms with Crippen LogP contribution in [-0.4, -0.2) is 119 Å². The smallest absolute Gasteiger partial charge is 0.310 e. The number of fused-ring (bicyclic) bond motifs is 1. The maximum Gasteiger partial charge on any atom is 0.310 e. The zero-order chi connectivity index (χ0) is 27.1. The zero-order valence-electron chi connectivity index (χ0n) is 22.4. The first-order valence-electron chi connectivity index (χ1n) is 14.0. The van der Waals surface area contributed by atoms with Gasteiger partial charge in [0.05, 0.1) is 36.4 Å². The predicted octanol–water partition coefficient (Wildman–Crippen LogP) is 1.71. The van der Waals surface area contributed by atoms with E-state index < -0.39 is 22.6 Å². The van der Waals surface area contributed by atoms with Gasteiger partial charge in [0.2, 0.25) is 11.8 Å². The number of amides is 2. The van der Waals surface area contributed by atoms with Crippen molar-refractivity contribution in [1.82, 2.24) is 14.7 Å². The Morgan fingerprint density at radius 2 is 1.97 bits per heavy atom. The van der Waals surface area contributed by atoms with Gasteiger partial charge >= 0.3 is 5.97 Å². The Balaban J connectivity index is 1.56. The molecular formula is C28H43N3O6S. The third-order valence-electron chi connectivity index (χ3n) is 8.36. The molecule has 4 heterocycles. The SMILES string of the molecule is C=CCCCOC(=O)[C@@H]1[C@@H]2CCC3(S2)C(C(=O)N(CC=C)CCN2CCOCC2)N(CCCCO)C(=O)[C@H]13. The monoisotopic (exact) mass is 549 g/mol. The Labute approximate surface area is 230 Å². The van der Waals surface area contributed by atoms with E-state index in [0.29, 0.717) is 58.7 Å². The summed E-state index contributed by atoms with van der Waals surface area (Å²) in [4.78, 5) is 47.4. The van der Waals surface area contributed by atoms with E-state index in [0.717, 1.165) is 38.9 Å². The molecule has 0 aromatic carbocycles. The van der Waals surface area contributed by atoms with Crippen LogP contribution in [-0.2, 0) is 23.9 Å². The molecule has 4 aliphatic rings. The van der Waals surface area contributed by atoms with Crippen molar-refractivity contribution >= 4 is 29.5 Å². The van der Waals surface area contributed by atoms with Gasteiger partial charge in [-0.3, -0.25) is 19.3 Å². The molecule has 0 aliphatic carbocycles. The lowest BCUT2D eigenvalue weighted by Gasteiger charge is -2.38. The van der Waals surface area contributed by atoms with E-state index in [1.165, 1.54) is 0 Å². The van der Waals surface area contributed by atoms with Gasteiger partial charge in [-0.15, -0.1) is 24.9 Å². The van der Waals surface area contributed by atoms with Crippen molar-refractivity contribution in [3.63, 3.8) is 0 Å². The van der Waals surface area contributed by atoms with E-state index in [4.69, 9.17) is 9.47 Å². The number of unbranched alkanes of at least 4 members (excludes halogenated alkanes) is 2. The molecule has 4 fully saturated rings. The molecule has 38 heavy (non-hydrogen) atoms. The largest absolute Gasteiger partial charge is 0.465 e. The normalized spacial score (nSPS) is 30.3. The third kappa shape index (κ3) is 5.83. The first kappa shape index (κ1) is 29.1. The van der Waals surface area contributed by atoms with Crippen LogP contribution < -0.4 is 0 Å². The molecule has 1 N–H and O–H groups in total. The number of nitrogens with zero attached hydrogens (tertiary/aromatic N) is 3. The van der Waals surface area contributed by atoms with Gasteiger partial charge in [0.25, 0.3) is 0 Å². The quantitative estimate of drug-likeness (QED) is 0.187. The highest BCUT2D eigenvalue weighted by Gasteiger charge is 2.74. The Bertz CT molecular complexity index is 881. The van der Waals surface area contributed by atoms with Gasteiger partial charge in [-0.05, 0) is 38.5 Å². The molecule has 10 heteroatoms. The number of allylic oxidation sites excluding steroid dienone is 1. The molecule has 2 unspecified atom stereocenters. The zero-order valence-corrected chi connectivity index (χ0v) is 23.2. The molecule has 0 radical (unpaired) electrons. The number of hydrogen-bond donors (Lipinski definition) is 1. The fourth-order valence-corrected chi connectivity index (χ4v) is 8.74. The molecule has 9 nitrogen and oxygen atoms in total. The number of rotatable bonds is 15. The van der Waals surface area contributed by atoms with Crippen LogP contribution in [0, 0.1) is 11.8 Å². The fourth-order valence-electron chi connectivity index (χ4n) is 6.54. The fraction of sp³-hybridized carbons (Fsp3) is 0.750. The summed E-state index contributed by atoms with van der Waals surface area (Å²) in [5.41, 5.74) is 0. The number of esters is 1. The molecular weight excluding hydrogens is 506 g/mol. The second-order valence-corrected chi connectivity index (χ2v) is 12.2. The summed E-state index contributed by atoms with van der Waals surface area (Å²) < 4.78 is 10.5. The van der Waals surface area contributed by atoms with Crippen molar-refractivity contribution in [2.45, 2.75) is 54.6 Å². The number of morpholine rings is 1. The van der Waals surface area contributed by atoms with E-state index in [9.17, 15) is 19.5 Å². The minimum Gasteiger partial charge on any atom is -0.465 e. The van der Waals surface area contributed by atoms with E-state index >= 15 is 0 Å². The first-order chi connectivity index (χ1) is 18.5.